The second-order valence-corrected chi connectivity index (χ2v) is 3.21. The molecule has 2 aromatic carbocycles. The molecule has 0 aliphatic carbocycles. The van der Waals surface area contributed by atoms with Crippen molar-refractivity contribution in [2.75, 3.05) is 0 Å². The molecule has 0 radical (unpaired) electrons. The first-order valence-electron chi connectivity index (χ1n) is 4.45. The zero-order chi connectivity index (χ0) is 10.8. The molecule has 4 heteroatoms. The SMILES string of the molecule is Oc1ccc(-c2ccc(F)c(O)c2)cc1.[KH]. The number of benzene rings is 2. The third-order valence-electron chi connectivity index (χ3n) is 2.15. The fraction of sp³-hybridized carbons (Fsp3) is 0. The van der Waals surface area contributed by atoms with Crippen LogP contribution in [0.15, 0.2) is 42.5 Å². The number of aromatic hydroxyl groups is 2. The molecular formula is C12H10FKO2. The fourth-order valence-corrected chi connectivity index (χ4v) is 1.35. The van der Waals surface area contributed by atoms with E-state index in [9.17, 15) is 9.50 Å². The maximum absolute atomic E-state index is 12.8. The molecule has 2 rings (SSSR count). The summed E-state index contributed by atoms with van der Waals surface area (Å²) in [4.78, 5) is 0. The van der Waals surface area contributed by atoms with Crippen LogP contribution in [0.3, 0.4) is 0 Å². The fourth-order valence-electron chi connectivity index (χ4n) is 1.35. The number of rotatable bonds is 1. The normalized spacial score (nSPS) is 9.56. The molecule has 0 atom stereocenters. The van der Waals surface area contributed by atoms with E-state index >= 15 is 0 Å². The summed E-state index contributed by atoms with van der Waals surface area (Å²) in [7, 11) is 0. The van der Waals surface area contributed by atoms with Gasteiger partial charge in [-0.25, -0.2) is 4.39 Å². The predicted octanol–water partition coefficient (Wildman–Crippen LogP) is 2.26. The minimum absolute atomic E-state index is 0. The van der Waals surface area contributed by atoms with E-state index in [1.807, 2.05) is 0 Å². The average Bonchev–Trinajstić information content (AvgIpc) is 2.23. The number of hydrogen-bond acceptors (Lipinski definition) is 2. The molecule has 0 saturated carbocycles. The molecule has 0 amide bonds. The Balaban J connectivity index is 0.00000128. The molecule has 0 fully saturated rings. The summed E-state index contributed by atoms with van der Waals surface area (Å²) in [6, 6.07) is 10.6. The summed E-state index contributed by atoms with van der Waals surface area (Å²) in [5, 5.41) is 18.3. The molecule has 0 saturated heterocycles. The number of hydrogen-bond donors (Lipinski definition) is 2. The van der Waals surface area contributed by atoms with Gasteiger partial charge in [-0.15, -0.1) is 0 Å². The van der Waals surface area contributed by atoms with Gasteiger partial charge in [0.05, 0.1) is 0 Å². The molecule has 0 aliphatic rings. The molecule has 0 spiro atoms. The molecule has 78 valence electrons. The van der Waals surface area contributed by atoms with Crippen LogP contribution in [0, 0.1) is 5.82 Å². The van der Waals surface area contributed by atoms with Crippen molar-refractivity contribution in [3.05, 3.63) is 48.3 Å². The molecule has 2 aromatic rings. The summed E-state index contributed by atoms with van der Waals surface area (Å²) in [5.41, 5.74) is 1.51. The monoisotopic (exact) mass is 244 g/mol. The van der Waals surface area contributed by atoms with E-state index in [1.165, 1.54) is 24.3 Å². The van der Waals surface area contributed by atoms with Gasteiger partial charge in [-0.2, -0.15) is 0 Å². The van der Waals surface area contributed by atoms with Crippen LogP contribution in [-0.4, -0.2) is 61.6 Å². The molecular weight excluding hydrogens is 234 g/mol. The first kappa shape index (κ1) is 13.7. The van der Waals surface area contributed by atoms with Crippen molar-refractivity contribution < 1.29 is 14.6 Å². The van der Waals surface area contributed by atoms with Gasteiger partial charge in [-0.3, -0.25) is 0 Å². The standard InChI is InChI=1S/C12H9FO2.K.H/c13-11-6-3-9(7-12(11)15)8-1-4-10(14)5-2-8;;/h1-7,14-15H;;. The molecule has 2 N–H and O–H groups in total. The summed E-state index contributed by atoms with van der Waals surface area (Å²) < 4.78 is 12.8. The van der Waals surface area contributed by atoms with Crippen LogP contribution in [0.25, 0.3) is 11.1 Å². The summed E-state index contributed by atoms with van der Waals surface area (Å²) in [6.07, 6.45) is 0. The molecule has 0 bridgehead atoms. The Bertz CT molecular complexity index is 483. The minimum atomic E-state index is -0.641. The van der Waals surface area contributed by atoms with Crippen LogP contribution in [0.4, 0.5) is 4.39 Å². The Labute approximate surface area is 135 Å². The van der Waals surface area contributed by atoms with Crippen molar-refractivity contribution in [1.29, 1.82) is 0 Å². The van der Waals surface area contributed by atoms with E-state index in [-0.39, 0.29) is 62.9 Å². The Kier molecular flexibility index (Phi) is 4.95. The van der Waals surface area contributed by atoms with Crippen LogP contribution in [0.2, 0.25) is 0 Å². The van der Waals surface area contributed by atoms with Crippen molar-refractivity contribution in [1.82, 2.24) is 0 Å². The second kappa shape index (κ2) is 5.79. The number of halogens is 1. The van der Waals surface area contributed by atoms with Gasteiger partial charge < -0.3 is 10.2 Å². The summed E-state index contributed by atoms with van der Waals surface area (Å²) in [5.74, 6) is -0.844. The Morgan fingerprint density at radius 2 is 1.38 bits per heavy atom. The van der Waals surface area contributed by atoms with Crippen molar-refractivity contribution >= 4 is 51.4 Å². The van der Waals surface area contributed by atoms with Gasteiger partial charge in [0.15, 0.2) is 11.6 Å². The van der Waals surface area contributed by atoms with Gasteiger partial charge in [-0.1, -0.05) is 18.2 Å². The van der Waals surface area contributed by atoms with Gasteiger partial charge in [0.2, 0.25) is 0 Å². The van der Waals surface area contributed by atoms with E-state index < -0.39 is 5.82 Å². The zero-order valence-corrected chi connectivity index (χ0v) is 7.81. The molecule has 0 heterocycles. The van der Waals surface area contributed by atoms with Gasteiger partial charge in [0, 0.05) is 0 Å². The maximum atomic E-state index is 12.8. The van der Waals surface area contributed by atoms with Crippen LogP contribution >= 0.6 is 0 Å². The molecule has 16 heavy (non-hydrogen) atoms. The van der Waals surface area contributed by atoms with Crippen LogP contribution < -0.4 is 0 Å². The van der Waals surface area contributed by atoms with E-state index in [4.69, 9.17) is 5.11 Å². The van der Waals surface area contributed by atoms with Crippen LogP contribution in [-0.2, 0) is 0 Å². The Morgan fingerprint density at radius 3 is 1.94 bits per heavy atom. The van der Waals surface area contributed by atoms with E-state index in [0.29, 0.717) is 5.56 Å². The van der Waals surface area contributed by atoms with Crippen LogP contribution in [0.1, 0.15) is 0 Å². The zero-order valence-electron chi connectivity index (χ0n) is 7.81. The predicted molar refractivity (Wildman–Crippen MR) is 62.3 cm³/mol. The summed E-state index contributed by atoms with van der Waals surface area (Å²) >= 11 is 0. The quantitative estimate of drug-likeness (QED) is 0.755. The van der Waals surface area contributed by atoms with Gasteiger partial charge in [0.25, 0.3) is 0 Å². The molecule has 0 aromatic heterocycles. The van der Waals surface area contributed by atoms with Crippen molar-refractivity contribution in [3.63, 3.8) is 0 Å². The summed E-state index contributed by atoms with van der Waals surface area (Å²) in [6.45, 7) is 0. The Hall–Kier alpha value is -0.394. The van der Waals surface area contributed by atoms with E-state index in [2.05, 4.69) is 0 Å². The topological polar surface area (TPSA) is 40.5 Å². The van der Waals surface area contributed by atoms with Crippen molar-refractivity contribution in [2.24, 2.45) is 0 Å². The first-order valence-corrected chi connectivity index (χ1v) is 4.45. The molecule has 0 aliphatic heterocycles. The van der Waals surface area contributed by atoms with Gasteiger partial charge in [-0.05, 0) is 35.4 Å². The number of phenols is 2. The Morgan fingerprint density at radius 1 is 0.812 bits per heavy atom. The number of phenolic OH excluding ortho intramolecular Hbond substituents is 2. The molecule has 0 unspecified atom stereocenters. The van der Waals surface area contributed by atoms with Gasteiger partial charge in [0.1, 0.15) is 5.75 Å². The van der Waals surface area contributed by atoms with E-state index in [1.54, 1.807) is 18.2 Å². The van der Waals surface area contributed by atoms with Crippen LogP contribution in [0.5, 0.6) is 11.5 Å². The van der Waals surface area contributed by atoms with Gasteiger partial charge >= 0.3 is 51.4 Å². The third-order valence-corrected chi connectivity index (χ3v) is 2.15. The average molecular weight is 244 g/mol. The second-order valence-electron chi connectivity index (χ2n) is 3.21. The van der Waals surface area contributed by atoms with E-state index in [0.717, 1.165) is 5.56 Å². The molecule has 2 nitrogen and oxygen atoms in total. The third kappa shape index (κ3) is 3.05. The van der Waals surface area contributed by atoms with Crippen molar-refractivity contribution in [3.8, 4) is 22.6 Å². The van der Waals surface area contributed by atoms with Crippen molar-refractivity contribution in [2.45, 2.75) is 0 Å². The first-order chi connectivity index (χ1) is 7.16.